The number of unbranched alkanes of at least 4 members (excludes halogenated alkanes) is 2. The van der Waals surface area contributed by atoms with Gasteiger partial charge in [0, 0.05) is 16.5 Å². The first-order valence-electron chi connectivity index (χ1n) is 7.25. The summed E-state index contributed by atoms with van der Waals surface area (Å²) in [5.41, 5.74) is 1.37. The van der Waals surface area contributed by atoms with Gasteiger partial charge in [0.05, 0.1) is 0 Å². The molecule has 0 bridgehead atoms. The zero-order chi connectivity index (χ0) is 14.1. The number of benzene rings is 1. The molecular weight excluding hydrogens is 274 g/mol. The Morgan fingerprint density at radius 2 is 2.05 bits per heavy atom. The van der Waals surface area contributed by atoms with Crippen molar-refractivity contribution in [1.82, 2.24) is 5.32 Å². The second-order valence-electron chi connectivity index (χ2n) is 5.33. The van der Waals surface area contributed by atoms with Gasteiger partial charge >= 0.3 is 0 Å². The van der Waals surface area contributed by atoms with Crippen LogP contribution in [0.1, 0.15) is 45.6 Å². The van der Waals surface area contributed by atoms with E-state index in [-0.39, 0.29) is 0 Å². The lowest BCUT2D eigenvalue weighted by molar-refractivity contribution is 0.550. The summed E-state index contributed by atoms with van der Waals surface area (Å²) in [5, 5.41) is 4.34. The van der Waals surface area contributed by atoms with Gasteiger partial charge in [0.2, 0.25) is 0 Å². The molecule has 19 heavy (non-hydrogen) atoms. The highest BCUT2D eigenvalue weighted by Gasteiger charge is 2.04. The van der Waals surface area contributed by atoms with E-state index in [1.807, 2.05) is 17.8 Å². The van der Waals surface area contributed by atoms with E-state index in [4.69, 9.17) is 11.6 Å². The van der Waals surface area contributed by atoms with E-state index in [1.54, 1.807) is 0 Å². The van der Waals surface area contributed by atoms with E-state index in [1.165, 1.54) is 35.5 Å². The van der Waals surface area contributed by atoms with Crippen LogP contribution >= 0.6 is 23.4 Å². The van der Waals surface area contributed by atoms with Crippen molar-refractivity contribution in [3.63, 3.8) is 0 Å². The summed E-state index contributed by atoms with van der Waals surface area (Å²) in [6, 6.07) is 6.24. The molecule has 0 heterocycles. The molecule has 0 amide bonds. The van der Waals surface area contributed by atoms with Crippen LogP contribution in [0.25, 0.3) is 0 Å². The summed E-state index contributed by atoms with van der Waals surface area (Å²) in [6.07, 6.45) is 3.87. The lowest BCUT2D eigenvalue weighted by Gasteiger charge is -2.12. The van der Waals surface area contributed by atoms with Gasteiger partial charge < -0.3 is 5.32 Å². The average Bonchev–Trinajstić information content (AvgIpc) is 2.36. The van der Waals surface area contributed by atoms with Crippen LogP contribution in [-0.4, -0.2) is 12.3 Å². The minimum absolute atomic E-state index is 0.688. The van der Waals surface area contributed by atoms with Crippen molar-refractivity contribution in [3.05, 3.63) is 28.8 Å². The van der Waals surface area contributed by atoms with Gasteiger partial charge in [0.25, 0.3) is 0 Å². The first kappa shape index (κ1) is 16.9. The smallest absolute Gasteiger partial charge is 0.0417 e. The van der Waals surface area contributed by atoms with Crippen LogP contribution < -0.4 is 5.32 Å². The molecule has 0 saturated heterocycles. The van der Waals surface area contributed by atoms with Gasteiger partial charge in [0.15, 0.2) is 0 Å². The molecule has 1 aromatic carbocycles. The van der Waals surface area contributed by atoms with Crippen LogP contribution in [0.15, 0.2) is 23.1 Å². The monoisotopic (exact) mass is 299 g/mol. The molecule has 0 radical (unpaired) electrons. The summed E-state index contributed by atoms with van der Waals surface area (Å²) in [4.78, 5) is 1.33. The van der Waals surface area contributed by atoms with E-state index >= 15 is 0 Å². The normalized spacial score (nSPS) is 11.2. The Hall–Kier alpha value is -0.180. The Morgan fingerprint density at radius 3 is 2.74 bits per heavy atom. The summed E-state index contributed by atoms with van der Waals surface area (Å²) in [5.74, 6) is 1.87. The van der Waals surface area contributed by atoms with Crippen LogP contribution in [-0.2, 0) is 6.54 Å². The molecule has 1 aromatic rings. The van der Waals surface area contributed by atoms with Crippen LogP contribution in [0, 0.1) is 5.92 Å². The number of thioether (sulfide) groups is 1. The molecule has 1 N–H and O–H groups in total. The van der Waals surface area contributed by atoms with Crippen molar-refractivity contribution < 1.29 is 0 Å². The van der Waals surface area contributed by atoms with Crippen molar-refractivity contribution in [2.75, 3.05) is 12.3 Å². The molecule has 108 valence electrons. The van der Waals surface area contributed by atoms with Crippen molar-refractivity contribution in [2.24, 2.45) is 5.92 Å². The molecule has 0 aliphatic rings. The maximum Gasteiger partial charge on any atom is 0.0417 e. The van der Waals surface area contributed by atoms with Gasteiger partial charge in [-0.2, -0.15) is 0 Å². The fraction of sp³-hybridized carbons (Fsp3) is 0.625. The van der Waals surface area contributed by atoms with Gasteiger partial charge in [0.1, 0.15) is 0 Å². The predicted molar refractivity (Wildman–Crippen MR) is 88.2 cm³/mol. The van der Waals surface area contributed by atoms with Gasteiger partial charge in [-0.05, 0) is 42.3 Å². The molecule has 0 aliphatic heterocycles. The minimum Gasteiger partial charge on any atom is -0.312 e. The Kier molecular flexibility index (Phi) is 8.60. The number of hydrogen-bond acceptors (Lipinski definition) is 2. The number of nitrogens with one attached hydrogen (secondary N) is 1. The van der Waals surface area contributed by atoms with E-state index in [9.17, 15) is 0 Å². The Morgan fingerprint density at radius 1 is 1.26 bits per heavy atom. The summed E-state index contributed by atoms with van der Waals surface area (Å²) in [6.45, 7) is 8.70. The highest BCUT2D eigenvalue weighted by atomic mass is 35.5. The van der Waals surface area contributed by atoms with Crippen LogP contribution in [0.2, 0.25) is 5.02 Å². The number of hydrogen-bond donors (Lipinski definition) is 1. The molecule has 1 nitrogen and oxygen atoms in total. The molecule has 0 spiro atoms. The first-order chi connectivity index (χ1) is 9.13. The standard InChI is InChI=1S/C16H26ClNS/c1-4-5-6-9-19-16-10-15(17)8-7-14(16)12-18-11-13(2)3/h7-8,10,13,18H,4-6,9,11-12H2,1-3H3. The SMILES string of the molecule is CCCCCSc1cc(Cl)ccc1CNCC(C)C. The summed E-state index contributed by atoms with van der Waals surface area (Å²) in [7, 11) is 0. The van der Waals surface area contributed by atoms with Gasteiger partial charge in [-0.15, -0.1) is 11.8 Å². The van der Waals surface area contributed by atoms with Crippen molar-refractivity contribution in [1.29, 1.82) is 0 Å². The highest BCUT2D eigenvalue weighted by molar-refractivity contribution is 7.99. The molecule has 0 atom stereocenters. The molecule has 0 saturated carbocycles. The quantitative estimate of drug-likeness (QED) is 0.486. The Bertz CT molecular complexity index is 366. The third-order valence-electron chi connectivity index (χ3n) is 2.90. The third-order valence-corrected chi connectivity index (χ3v) is 4.32. The van der Waals surface area contributed by atoms with Gasteiger partial charge in [-0.25, -0.2) is 0 Å². The fourth-order valence-corrected chi connectivity index (χ4v) is 3.18. The second-order valence-corrected chi connectivity index (χ2v) is 6.91. The minimum atomic E-state index is 0.688. The topological polar surface area (TPSA) is 12.0 Å². The Labute approximate surface area is 127 Å². The number of rotatable bonds is 9. The van der Waals surface area contributed by atoms with E-state index in [0.717, 1.165) is 18.1 Å². The zero-order valence-electron chi connectivity index (χ0n) is 12.3. The average molecular weight is 300 g/mol. The molecule has 0 fully saturated rings. The fourth-order valence-electron chi connectivity index (χ4n) is 1.84. The molecular formula is C16H26ClNS. The van der Waals surface area contributed by atoms with Crippen molar-refractivity contribution in [3.8, 4) is 0 Å². The largest absolute Gasteiger partial charge is 0.312 e. The predicted octanol–water partition coefficient (Wildman–Crippen LogP) is 5.37. The maximum absolute atomic E-state index is 6.11. The van der Waals surface area contributed by atoms with Crippen LogP contribution in [0.3, 0.4) is 0 Å². The zero-order valence-corrected chi connectivity index (χ0v) is 13.9. The van der Waals surface area contributed by atoms with Gasteiger partial charge in [-0.3, -0.25) is 0 Å². The van der Waals surface area contributed by atoms with Gasteiger partial charge in [-0.1, -0.05) is 51.3 Å². The molecule has 0 unspecified atom stereocenters. The van der Waals surface area contributed by atoms with E-state index in [2.05, 4.69) is 38.2 Å². The molecule has 3 heteroatoms. The summed E-state index contributed by atoms with van der Waals surface area (Å²) >= 11 is 8.04. The molecule has 0 aliphatic carbocycles. The van der Waals surface area contributed by atoms with Crippen LogP contribution in [0.4, 0.5) is 0 Å². The second kappa shape index (κ2) is 9.68. The summed E-state index contributed by atoms with van der Waals surface area (Å²) < 4.78 is 0. The molecule has 0 aromatic heterocycles. The lowest BCUT2D eigenvalue weighted by atomic mass is 10.2. The van der Waals surface area contributed by atoms with E-state index in [0.29, 0.717) is 5.92 Å². The van der Waals surface area contributed by atoms with E-state index < -0.39 is 0 Å². The van der Waals surface area contributed by atoms with Crippen molar-refractivity contribution in [2.45, 2.75) is 51.5 Å². The third kappa shape index (κ3) is 7.24. The van der Waals surface area contributed by atoms with Crippen molar-refractivity contribution >= 4 is 23.4 Å². The maximum atomic E-state index is 6.11. The highest BCUT2D eigenvalue weighted by Crippen LogP contribution is 2.27. The Balaban J connectivity index is 2.53. The molecule has 1 rings (SSSR count). The van der Waals surface area contributed by atoms with Crippen LogP contribution in [0.5, 0.6) is 0 Å². The number of halogens is 1. The first-order valence-corrected chi connectivity index (χ1v) is 8.61. The lowest BCUT2D eigenvalue weighted by Crippen LogP contribution is -2.19.